The minimum absolute atomic E-state index is 0.0698. The monoisotopic (exact) mass is 253 g/mol. The van der Waals surface area contributed by atoms with E-state index in [4.69, 9.17) is 0 Å². The molecule has 18 heavy (non-hydrogen) atoms. The van der Waals surface area contributed by atoms with E-state index in [1.807, 2.05) is 0 Å². The molecule has 0 bridgehead atoms. The number of imide groups is 1. The van der Waals surface area contributed by atoms with Crippen LogP contribution in [0.15, 0.2) is 0 Å². The predicted octanol–water partition coefficient (Wildman–Crippen LogP) is -1.61. The number of piperidine rings is 1. The molecule has 0 aliphatic carbocycles. The fraction of sp³-hybridized carbons (Fsp3) is 0.636. The summed E-state index contributed by atoms with van der Waals surface area (Å²) < 4.78 is 0. The van der Waals surface area contributed by atoms with Crippen molar-refractivity contribution >= 4 is 23.6 Å². The average Bonchev–Trinajstić information content (AvgIpc) is 2.34. The van der Waals surface area contributed by atoms with Gasteiger partial charge in [0.2, 0.25) is 23.6 Å². The van der Waals surface area contributed by atoms with E-state index in [1.165, 1.54) is 4.90 Å². The fourth-order valence-corrected chi connectivity index (χ4v) is 2.16. The van der Waals surface area contributed by atoms with E-state index >= 15 is 0 Å². The van der Waals surface area contributed by atoms with E-state index in [0.29, 0.717) is 12.8 Å². The Bertz CT molecular complexity index is 411. The summed E-state index contributed by atoms with van der Waals surface area (Å²) in [7, 11) is 0. The maximum atomic E-state index is 12.2. The Morgan fingerprint density at radius 3 is 2.61 bits per heavy atom. The number of hydrogen-bond donors (Lipinski definition) is 2. The van der Waals surface area contributed by atoms with E-state index in [2.05, 4.69) is 10.6 Å². The smallest absolute Gasteiger partial charge is 0.249 e. The molecule has 0 saturated carbocycles. The van der Waals surface area contributed by atoms with Gasteiger partial charge in [-0.15, -0.1) is 0 Å². The van der Waals surface area contributed by atoms with Crippen LogP contribution < -0.4 is 10.6 Å². The van der Waals surface area contributed by atoms with Crippen LogP contribution in [0.1, 0.15) is 19.8 Å². The lowest BCUT2D eigenvalue weighted by Crippen LogP contribution is -2.60. The van der Waals surface area contributed by atoms with E-state index < -0.39 is 17.9 Å². The summed E-state index contributed by atoms with van der Waals surface area (Å²) in [6, 6.07) is -0.646. The van der Waals surface area contributed by atoms with Gasteiger partial charge in [0, 0.05) is 13.0 Å². The van der Waals surface area contributed by atoms with Crippen molar-refractivity contribution in [2.24, 2.45) is 5.92 Å². The van der Waals surface area contributed by atoms with Crippen molar-refractivity contribution in [3.05, 3.63) is 0 Å². The Morgan fingerprint density at radius 2 is 2.00 bits per heavy atom. The number of carbonyl (C=O) groups is 4. The first-order valence-electron chi connectivity index (χ1n) is 5.90. The highest BCUT2D eigenvalue weighted by Gasteiger charge is 2.37. The maximum absolute atomic E-state index is 12.2. The van der Waals surface area contributed by atoms with E-state index in [0.717, 1.165) is 0 Å². The van der Waals surface area contributed by atoms with Crippen molar-refractivity contribution in [1.29, 1.82) is 0 Å². The highest BCUT2D eigenvalue weighted by atomic mass is 16.2. The van der Waals surface area contributed by atoms with Crippen LogP contribution in [-0.2, 0) is 19.2 Å². The fourth-order valence-electron chi connectivity index (χ4n) is 2.16. The summed E-state index contributed by atoms with van der Waals surface area (Å²) in [5.74, 6) is -1.58. The number of rotatable bonds is 1. The van der Waals surface area contributed by atoms with E-state index in [-0.39, 0.29) is 30.8 Å². The molecule has 0 radical (unpaired) electrons. The van der Waals surface area contributed by atoms with Gasteiger partial charge in [-0.1, -0.05) is 0 Å². The van der Waals surface area contributed by atoms with Crippen molar-refractivity contribution < 1.29 is 19.2 Å². The SMILES string of the molecule is CC1C(=O)NC(=O)CN1C(=O)C1CCC(=O)NC1. The zero-order chi connectivity index (χ0) is 13.3. The molecule has 0 spiro atoms. The molecular weight excluding hydrogens is 238 g/mol. The van der Waals surface area contributed by atoms with Crippen molar-refractivity contribution in [1.82, 2.24) is 15.5 Å². The quantitative estimate of drug-likeness (QED) is 0.549. The molecule has 4 amide bonds. The van der Waals surface area contributed by atoms with Gasteiger partial charge in [0.25, 0.3) is 0 Å². The minimum Gasteiger partial charge on any atom is -0.355 e. The Kier molecular flexibility index (Phi) is 3.31. The third kappa shape index (κ3) is 2.34. The molecule has 2 rings (SSSR count). The molecule has 0 aromatic rings. The lowest BCUT2D eigenvalue weighted by Gasteiger charge is -2.35. The van der Waals surface area contributed by atoms with Gasteiger partial charge in [0.1, 0.15) is 12.6 Å². The maximum Gasteiger partial charge on any atom is 0.249 e. The largest absolute Gasteiger partial charge is 0.355 e. The molecule has 2 saturated heterocycles. The molecule has 2 N–H and O–H groups in total. The van der Waals surface area contributed by atoms with Crippen LogP contribution in [0.2, 0.25) is 0 Å². The Labute approximate surface area is 104 Å². The molecule has 7 nitrogen and oxygen atoms in total. The van der Waals surface area contributed by atoms with Crippen LogP contribution in [0, 0.1) is 5.92 Å². The third-order valence-electron chi connectivity index (χ3n) is 3.32. The van der Waals surface area contributed by atoms with Gasteiger partial charge < -0.3 is 10.2 Å². The highest BCUT2D eigenvalue weighted by Crippen LogP contribution is 2.17. The molecule has 0 aromatic heterocycles. The van der Waals surface area contributed by atoms with Crippen LogP contribution in [0.25, 0.3) is 0 Å². The van der Waals surface area contributed by atoms with Gasteiger partial charge >= 0.3 is 0 Å². The van der Waals surface area contributed by atoms with Crippen LogP contribution in [0.3, 0.4) is 0 Å². The van der Waals surface area contributed by atoms with Crippen molar-refractivity contribution in [3.8, 4) is 0 Å². The van der Waals surface area contributed by atoms with Crippen molar-refractivity contribution in [3.63, 3.8) is 0 Å². The van der Waals surface area contributed by atoms with Gasteiger partial charge in [-0.05, 0) is 13.3 Å². The lowest BCUT2D eigenvalue weighted by atomic mass is 9.96. The molecule has 2 unspecified atom stereocenters. The Balaban J connectivity index is 2.05. The Morgan fingerprint density at radius 1 is 1.28 bits per heavy atom. The molecule has 2 atom stereocenters. The van der Waals surface area contributed by atoms with E-state index in [9.17, 15) is 19.2 Å². The van der Waals surface area contributed by atoms with Crippen molar-refractivity contribution in [2.75, 3.05) is 13.1 Å². The number of carbonyl (C=O) groups excluding carboxylic acids is 4. The number of piperazine rings is 1. The first kappa shape index (κ1) is 12.5. The summed E-state index contributed by atoms with van der Waals surface area (Å²) in [4.78, 5) is 47.2. The first-order chi connectivity index (χ1) is 8.49. The second-order valence-corrected chi connectivity index (χ2v) is 4.59. The van der Waals surface area contributed by atoms with Gasteiger partial charge in [0.05, 0.1) is 5.92 Å². The normalized spacial score (nSPS) is 28.7. The first-order valence-corrected chi connectivity index (χ1v) is 5.90. The van der Waals surface area contributed by atoms with Gasteiger partial charge in [-0.25, -0.2) is 0 Å². The Hall–Kier alpha value is -1.92. The zero-order valence-electron chi connectivity index (χ0n) is 10.1. The predicted molar refractivity (Wildman–Crippen MR) is 60.1 cm³/mol. The molecule has 0 aromatic carbocycles. The molecule has 2 fully saturated rings. The van der Waals surface area contributed by atoms with E-state index in [1.54, 1.807) is 6.92 Å². The second-order valence-electron chi connectivity index (χ2n) is 4.59. The van der Waals surface area contributed by atoms with Gasteiger partial charge in [0.15, 0.2) is 0 Å². The minimum atomic E-state index is -0.646. The molecule has 7 heteroatoms. The number of nitrogens with zero attached hydrogens (tertiary/aromatic N) is 1. The van der Waals surface area contributed by atoms with Gasteiger partial charge in [-0.3, -0.25) is 24.5 Å². The number of hydrogen-bond acceptors (Lipinski definition) is 4. The zero-order valence-corrected chi connectivity index (χ0v) is 10.1. The lowest BCUT2D eigenvalue weighted by molar-refractivity contribution is -0.152. The molecule has 2 aliphatic rings. The molecular formula is C11H15N3O4. The molecule has 2 heterocycles. The molecule has 2 aliphatic heterocycles. The highest BCUT2D eigenvalue weighted by molar-refractivity contribution is 6.04. The second kappa shape index (κ2) is 4.75. The summed E-state index contributed by atoms with van der Waals surface area (Å²) in [5.41, 5.74) is 0. The van der Waals surface area contributed by atoms with Crippen LogP contribution in [0.5, 0.6) is 0 Å². The summed E-state index contributed by atoms with van der Waals surface area (Å²) >= 11 is 0. The topological polar surface area (TPSA) is 95.6 Å². The molecule has 98 valence electrons. The summed E-state index contributed by atoms with van der Waals surface area (Å²) in [6.07, 6.45) is 0.766. The van der Waals surface area contributed by atoms with Crippen LogP contribution in [-0.4, -0.2) is 47.7 Å². The van der Waals surface area contributed by atoms with Crippen LogP contribution in [0.4, 0.5) is 0 Å². The number of nitrogens with one attached hydrogen (secondary N) is 2. The standard InChI is InChI=1S/C11H15N3O4/c1-6-10(17)13-9(16)5-14(6)11(18)7-2-3-8(15)12-4-7/h6-7H,2-5H2,1H3,(H,12,15)(H,13,16,17). The summed E-state index contributed by atoms with van der Waals surface area (Å²) in [5, 5.41) is 4.80. The van der Waals surface area contributed by atoms with Crippen LogP contribution >= 0.6 is 0 Å². The van der Waals surface area contributed by atoms with Gasteiger partial charge in [-0.2, -0.15) is 0 Å². The summed E-state index contributed by atoms with van der Waals surface area (Å²) in [6.45, 7) is 1.76. The number of amides is 4. The average molecular weight is 253 g/mol. The van der Waals surface area contributed by atoms with Crippen molar-refractivity contribution in [2.45, 2.75) is 25.8 Å². The third-order valence-corrected chi connectivity index (χ3v) is 3.32.